The normalized spacial score (nSPS) is 12.2. The van der Waals surface area contributed by atoms with E-state index < -0.39 is 0 Å². The third-order valence-electron chi connectivity index (χ3n) is 6.10. The molecule has 0 fully saturated rings. The largest absolute Gasteiger partial charge is 0.497 e. The summed E-state index contributed by atoms with van der Waals surface area (Å²) in [6, 6.07) is 22.1. The fourth-order valence-electron chi connectivity index (χ4n) is 4.10. The molecule has 1 heterocycles. The van der Waals surface area contributed by atoms with Crippen LogP contribution in [0.2, 0.25) is 0 Å². The van der Waals surface area contributed by atoms with Crippen LogP contribution in [0.5, 0.6) is 5.75 Å². The quantitative estimate of drug-likeness (QED) is 0.382. The van der Waals surface area contributed by atoms with Crippen LogP contribution < -0.4 is 10.1 Å². The van der Waals surface area contributed by atoms with Crippen molar-refractivity contribution in [2.75, 3.05) is 7.11 Å². The van der Waals surface area contributed by atoms with E-state index >= 15 is 0 Å². The van der Waals surface area contributed by atoms with E-state index in [1.54, 1.807) is 7.11 Å². The predicted molar refractivity (Wildman–Crippen MR) is 133 cm³/mol. The van der Waals surface area contributed by atoms with E-state index in [1.165, 1.54) is 5.56 Å². The summed E-state index contributed by atoms with van der Waals surface area (Å²) < 4.78 is 7.50. The van der Waals surface area contributed by atoms with Crippen LogP contribution in [0, 0.1) is 6.92 Å². The minimum atomic E-state index is -0.0978. The Hall–Kier alpha value is -3.60. The Balaban J connectivity index is 1.54. The van der Waals surface area contributed by atoms with Crippen molar-refractivity contribution >= 4 is 16.9 Å². The number of ether oxygens (including phenoxy) is 1. The molecule has 4 rings (SSSR count). The van der Waals surface area contributed by atoms with Gasteiger partial charge in [-0.3, -0.25) is 4.79 Å². The Bertz CT molecular complexity index is 1290. The number of carbonyl (C=O) groups is 1. The van der Waals surface area contributed by atoms with Gasteiger partial charge in [0.05, 0.1) is 24.2 Å². The number of nitrogens with zero attached hydrogens (tertiary/aromatic N) is 2. The number of fused-ring (bicyclic) bond motifs is 1. The topological polar surface area (TPSA) is 56.2 Å². The minimum Gasteiger partial charge on any atom is -0.497 e. The first-order valence-corrected chi connectivity index (χ1v) is 11.4. The van der Waals surface area contributed by atoms with Crippen LogP contribution in [0.15, 0.2) is 66.7 Å². The molecule has 0 spiro atoms. The van der Waals surface area contributed by atoms with E-state index in [2.05, 4.69) is 54.1 Å². The van der Waals surface area contributed by atoms with Crippen molar-refractivity contribution in [1.29, 1.82) is 0 Å². The second kappa shape index (κ2) is 9.49. The zero-order valence-electron chi connectivity index (χ0n) is 19.9. The highest BCUT2D eigenvalue weighted by atomic mass is 16.5. The van der Waals surface area contributed by atoms with Crippen molar-refractivity contribution in [3.63, 3.8) is 0 Å². The monoisotopic (exact) mass is 441 g/mol. The van der Waals surface area contributed by atoms with Crippen molar-refractivity contribution in [2.24, 2.45) is 0 Å². The molecule has 0 aliphatic rings. The number of aromatic nitrogens is 2. The maximum Gasteiger partial charge on any atom is 0.251 e. The Labute approximate surface area is 195 Å². The fourth-order valence-corrected chi connectivity index (χ4v) is 4.10. The summed E-state index contributed by atoms with van der Waals surface area (Å²) >= 11 is 0. The molecule has 0 saturated carbocycles. The summed E-state index contributed by atoms with van der Waals surface area (Å²) in [6.07, 6.45) is 0. The third kappa shape index (κ3) is 4.92. The molecule has 1 aromatic heterocycles. The van der Waals surface area contributed by atoms with E-state index in [9.17, 15) is 4.79 Å². The van der Waals surface area contributed by atoms with Crippen LogP contribution >= 0.6 is 0 Å². The average molecular weight is 442 g/mol. The lowest BCUT2D eigenvalue weighted by Crippen LogP contribution is -2.26. The summed E-state index contributed by atoms with van der Waals surface area (Å²) in [5.74, 6) is 2.09. The number of nitrogens with one attached hydrogen (secondary N) is 1. The molecule has 3 aromatic carbocycles. The van der Waals surface area contributed by atoms with Gasteiger partial charge >= 0.3 is 0 Å². The zero-order chi connectivity index (χ0) is 23.5. The fraction of sp³-hybridized carbons (Fsp3) is 0.286. The molecule has 0 radical (unpaired) electrons. The van der Waals surface area contributed by atoms with Gasteiger partial charge < -0.3 is 14.6 Å². The molecule has 1 atom stereocenters. The molecule has 5 nitrogen and oxygen atoms in total. The van der Waals surface area contributed by atoms with Gasteiger partial charge in [-0.05, 0) is 66.8 Å². The van der Waals surface area contributed by atoms with Gasteiger partial charge in [0.1, 0.15) is 11.6 Å². The molecule has 1 unspecified atom stereocenters. The van der Waals surface area contributed by atoms with Gasteiger partial charge in [-0.2, -0.15) is 0 Å². The molecular formula is C28H31N3O2. The first-order chi connectivity index (χ1) is 15.9. The molecule has 0 bridgehead atoms. The predicted octanol–water partition coefficient (Wildman–Crippen LogP) is 6.02. The number of benzene rings is 3. The Morgan fingerprint density at radius 2 is 1.76 bits per heavy atom. The number of methoxy groups -OCH3 is 1. The first-order valence-electron chi connectivity index (χ1n) is 11.4. The molecule has 170 valence electrons. The molecule has 0 saturated heterocycles. The average Bonchev–Trinajstić information content (AvgIpc) is 3.13. The van der Waals surface area contributed by atoms with Gasteiger partial charge in [0.2, 0.25) is 0 Å². The van der Waals surface area contributed by atoms with Crippen molar-refractivity contribution in [2.45, 2.75) is 46.2 Å². The molecule has 0 aliphatic heterocycles. The number of carbonyl (C=O) groups excluding carboxylic acids is 1. The lowest BCUT2D eigenvalue weighted by Gasteiger charge is -2.16. The van der Waals surface area contributed by atoms with Crippen LogP contribution in [0.1, 0.15) is 65.6 Å². The van der Waals surface area contributed by atoms with Gasteiger partial charge in [0.15, 0.2) is 0 Å². The van der Waals surface area contributed by atoms with Crippen LogP contribution in [0.4, 0.5) is 0 Å². The van der Waals surface area contributed by atoms with Gasteiger partial charge in [0.25, 0.3) is 5.91 Å². The molecule has 1 amide bonds. The van der Waals surface area contributed by atoms with Crippen LogP contribution in [-0.2, 0) is 6.54 Å². The van der Waals surface area contributed by atoms with Crippen molar-refractivity contribution in [3.8, 4) is 5.75 Å². The Morgan fingerprint density at radius 3 is 2.52 bits per heavy atom. The minimum absolute atomic E-state index is 0.0840. The lowest BCUT2D eigenvalue weighted by molar-refractivity contribution is 0.0940. The highest BCUT2D eigenvalue weighted by molar-refractivity contribution is 5.97. The Morgan fingerprint density at radius 1 is 1.00 bits per heavy atom. The zero-order valence-corrected chi connectivity index (χ0v) is 19.9. The highest BCUT2D eigenvalue weighted by Crippen LogP contribution is 2.23. The van der Waals surface area contributed by atoms with Gasteiger partial charge in [-0.1, -0.05) is 50.2 Å². The van der Waals surface area contributed by atoms with Crippen LogP contribution in [0.25, 0.3) is 11.0 Å². The van der Waals surface area contributed by atoms with Crippen molar-refractivity contribution in [1.82, 2.24) is 14.9 Å². The van der Waals surface area contributed by atoms with Gasteiger partial charge in [-0.15, -0.1) is 0 Å². The lowest BCUT2D eigenvalue weighted by atomic mass is 9.98. The molecule has 4 aromatic rings. The number of imidazole rings is 1. The van der Waals surface area contributed by atoms with Crippen LogP contribution in [-0.4, -0.2) is 22.6 Å². The van der Waals surface area contributed by atoms with Crippen LogP contribution in [0.3, 0.4) is 0 Å². The number of rotatable bonds is 7. The number of amides is 1. The summed E-state index contributed by atoms with van der Waals surface area (Å²) in [7, 11) is 1.67. The molecule has 33 heavy (non-hydrogen) atoms. The second-order valence-corrected chi connectivity index (χ2v) is 8.82. The number of hydrogen-bond acceptors (Lipinski definition) is 3. The number of hydrogen-bond donors (Lipinski definition) is 1. The van der Waals surface area contributed by atoms with Crippen molar-refractivity contribution < 1.29 is 9.53 Å². The summed E-state index contributed by atoms with van der Waals surface area (Å²) in [5, 5.41) is 3.13. The maximum atomic E-state index is 13.0. The summed E-state index contributed by atoms with van der Waals surface area (Å²) in [4.78, 5) is 17.7. The maximum absolute atomic E-state index is 13.0. The van der Waals surface area contributed by atoms with E-state index in [1.807, 2.05) is 50.2 Å². The van der Waals surface area contributed by atoms with Gasteiger partial charge in [-0.25, -0.2) is 4.98 Å². The highest BCUT2D eigenvalue weighted by Gasteiger charge is 2.15. The van der Waals surface area contributed by atoms with E-state index in [0.29, 0.717) is 18.0 Å². The molecule has 1 N–H and O–H groups in total. The smallest absolute Gasteiger partial charge is 0.251 e. The standard InChI is InChI=1S/C28H31N3O2/c1-18(2)22-9-7-10-23(15-22)19(3)29-28(32)24-12-13-27-26(16-24)30-20(4)31(27)17-21-8-6-11-25(14-21)33-5/h6-16,18-19H,17H2,1-5H3,(H,29,32). The van der Waals surface area contributed by atoms with E-state index in [4.69, 9.17) is 9.72 Å². The molecular weight excluding hydrogens is 410 g/mol. The van der Waals surface area contributed by atoms with Gasteiger partial charge in [0, 0.05) is 12.1 Å². The first kappa shape index (κ1) is 22.6. The van der Waals surface area contributed by atoms with Crippen molar-refractivity contribution in [3.05, 3.63) is 94.8 Å². The van der Waals surface area contributed by atoms with E-state index in [-0.39, 0.29) is 11.9 Å². The van der Waals surface area contributed by atoms with E-state index in [0.717, 1.165) is 33.7 Å². The summed E-state index contributed by atoms with van der Waals surface area (Å²) in [6.45, 7) is 9.04. The second-order valence-electron chi connectivity index (χ2n) is 8.82. The number of aryl methyl sites for hydroxylation is 1. The Kier molecular flexibility index (Phi) is 6.50. The summed E-state index contributed by atoms with van der Waals surface area (Å²) in [5.41, 5.74) is 5.94. The third-order valence-corrected chi connectivity index (χ3v) is 6.10. The molecule has 5 heteroatoms. The SMILES string of the molecule is COc1cccc(Cn2c(C)nc3cc(C(=O)NC(C)c4cccc(C(C)C)c4)ccc32)c1. The molecule has 0 aliphatic carbocycles.